The fraction of sp³-hybridized carbons (Fsp3) is 0.917. The Hall–Kier alpha value is -0.610. The first-order chi connectivity index (χ1) is 7.65. The fourth-order valence-electron chi connectivity index (χ4n) is 2.31. The van der Waals surface area contributed by atoms with Crippen LogP contribution < -0.4 is 5.32 Å². The average molecular weight is 229 g/mol. The highest BCUT2D eigenvalue weighted by molar-refractivity contribution is 5.70. The minimum Gasteiger partial charge on any atom is -0.481 e. The van der Waals surface area contributed by atoms with E-state index < -0.39 is 5.97 Å². The molecular formula is C12H23NO3. The number of hydrogen-bond donors (Lipinski definition) is 2. The molecule has 0 heterocycles. The summed E-state index contributed by atoms with van der Waals surface area (Å²) in [5, 5.41) is 12.4. The maximum atomic E-state index is 11.0. The molecule has 4 nitrogen and oxygen atoms in total. The molecule has 0 amide bonds. The lowest BCUT2D eigenvalue weighted by atomic mass is 9.96. The summed E-state index contributed by atoms with van der Waals surface area (Å²) in [6.45, 7) is 6.27. The molecule has 0 aromatic rings. The molecule has 4 heteroatoms. The van der Waals surface area contributed by atoms with Crippen LogP contribution in [0.4, 0.5) is 0 Å². The molecule has 3 atom stereocenters. The molecule has 16 heavy (non-hydrogen) atoms. The molecule has 0 saturated heterocycles. The van der Waals surface area contributed by atoms with Gasteiger partial charge in [0.05, 0.1) is 12.5 Å². The van der Waals surface area contributed by atoms with Crippen molar-refractivity contribution >= 4 is 5.97 Å². The maximum absolute atomic E-state index is 11.0. The topological polar surface area (TPSA) is 58.6 Å². The van der Waals surface area contributed by atoms with Gasteiger partial charge in [0.1, 0.15) is 0 Å². The van der Waals surface area contributed by atoms with Gasteiger partial charge >= 0.3 is 5.97 Å². The monoisotopic (exact) mass is 229 g/mol. The summed E-state index contributed by atoms with van der Waals surface area (Å²) in [5.74, 6) is -0.491. The molecule has 1 aliphatic carbocycles. The molecule has 1 rings (SSSR count). The van der Waals surface area contributed by atoms with E-state index in [1.807, 2.05) is 6.92 Å². The van der Waals surface area contributed by atoms with Crippen molar-refractivity contribution in [2.45, 2.75) is 39.2 Å². The van der Waals surface area contributed by atoms with Crippen LogP contribution in [-0.2, 0) is 9.53 Å². The zero-order chi connectivity index (χ0) is 12.0. The number of nitrogens with one attached hydrogen (secondary N) is 1. The van der Waals surface area contributed by atoms with Crippen molar-refractivity contribution in [2.75, 3.05) is 19.8 Å². The number of hydrogen-bond acceptors (Lipinski definition) is 3. The predicted octanol–water partition coefficient (Wildman–Crippen LogP) is 1.50. The molecule has 0 radical (unpaired) electrons. The van der Waals surface area contributed by atoms with E-state index in [9.17, 15) is 4.79 Å². The second kappa shape index (κ2) is 6.86. The Balaban J connectivity index is 2.23. The van der Waals surface area contributed by atoms with Gasteiger partial charge in [0.2, 0.25) is 0 Å². The normalized spacial score (nSPS) is 26.9. The lowest BCUT2D eigenvalue weighted by Crippen LogP contribution is -2.36. The van der Waals surface area contributed by atoms with Crippen LogP contribution in [0.15, 0.2) is 0 Å². The van der Waals surface area contributed by atoms with Crippen molar-refractivity contribution < 1.29 is 14.6 Å². The smallest absolute Gasteiger partial charge is 0.306 e. The highest BCUT2D eigenvalue weighted by Gasteiger charge is 2.32. The first kappa shape index (κ1) is 13.5. The first-order valence-electron chi connectivity index (χ1n) is 6.19. The Morgan fingerprint density at radius 3 is 2.94 bits per heavy atom. The molecule has 0 aromatic heterocycles. The summed E-state index contributed by atoms with van der Waals surface area (Å²) in [4.78, 5) is 11.0. The quantitative estimate of drug-likeness (QED) is 0.694. The molecule has 0 aliphatic heterocycles. The fourth-order valence-corrected chi connectivity index (χ4v) is 2.31. The minimum absolute atomic E-state index is 0.146. The van der Waals surface area contributed by atoms with E-state index in [1.54, 1.807) is 0 Å². The minimum atomic E-state index is -0.637. The van der Waals surface area contributed by atoms with Crippen molar-refractivity contribution in [3.63, 3.8) is 0 Å². The van der Waals surface area contributed by atoms with Gasteiger partial charge in [-0.2, -0.15) is 0 Å². The van der Waals surface area contributed by atoms with Gasteiger partial charge in [0.15, 0.2) is 0 Å². The van der Waals surface area contributed by atoms with E-state index in [4.69, 9.17) is 9.84 Å². The molecule has 1 aliphatic rings. The van der Waals surface area contributed by atoms with Gasteiger partial charge in [-0.15, -0.1) is 0 Å². The van der Waals surface area contributed by atoms with Crippen LogP contribution in [-0.4, -0.2) is 36.9 Å². The Morgan fingerprint density at radius 1 is 1.56 bits per heavy atom. The van der Waals surface area contributed by atoms with Gasteiger partial charge < -0.3 is 15.2 Å². The number of ether oxygens (including phenoxy) is 1. The predicted molar refractivity (Wildman–Crippen MR) is 62.4 cm³/mol. The molecule has 94 valence electrons. The lowest BCUT2D eigenvalue weighted by Gasteiger charge is -2.20. The molecule has 0 bridgehead atoms. The summed E-state index contributed by atoms with van der Waals surface area (Å²) >= 11 is 0. The first-order valence-corrected chi connectivity index (χ1v) is 6.19. The van der Waals surface area contributed by atoms with Crippen LogP contribution in [0.25, 0.3) is 0 Å². The summed E-state index contributed by atoms with van der Waals surface area (Å²) < 4.78 is 5.31. The van der Waals surface area contributed by atoms with Gasteiger partial charge in [-0.25, -0.2) is 0 Å². The lowest BCUT2D eigenvalue weighted by molar-refractivity contribution is -0.142. The van der Waals surface area contributed by atoms with E-state index >= 15 is 0 Å². The zero-order valence-electron chi connectivity index (χ0n) is 10.2. The van der Waals surface area contributed by atoms with Gasteiger partial charge in [0.25, 0.3) is 0 Å². The van der Waals surface area contributed by atoms with Gasteiger partial charge in [-0.3, -0.25) is 4.79 Å². The summed E-state index contributed by atoms with van der Waals surface area (Å²) in [7, 11) is 0. The molecular weight excluding hydrogens is 206 g/mol. The van der Waals surface area contributed by atoms with Crippen LogP contribution in [0.1, 0.15) is 33.1 Å². The Morgan fingerprint density at radius 2 is 2.31 bits per heavy atom. The van der Waals surface area contributed by atoms with Crippen molar-refractivity contribution in [3.8, 4) is 0 Å². The molecule has 3 unspecified atom stereocenters. The van der Waals surface area contributed by atoms with Crippen molar-refractivity contribution in [2.24, 2.45) is 11.8 Å². The van der Waals surface area contributed by atoms with Crippen LogP contribution in [0.2, 0.25) is 0 Å². The van der Waals surface area contributed by atoms with E-state index in [0.29, 0.717) is 18.6 Å². The highest BCUT2D eigenvalue weighted by atomic mass is 16.5. The molecule has 1 saturated carbocycles. The van der Waals surface area contributed by atoms with Crippen LogP contribution in [0.3, 0.4) is 0 Å². The summed E-state index contributed by atoms with van der Waals surface area (Å²) in [5.41, 5.74) is 0. The number of carboxylic acid groups (broad SMARTS) is 1. The van der Waals surface area contributed by atoms with E-state index in [0.717, 1.165) is 32.4 Å². The van der Waals surface area contributed by atoms with Crippen molar-refractivity contribution in [3.05, 3.63) is 0 Å². The Bertz CT molecular complexity index is 220. The van der Waals surface area contributed by atoms with Crippen LogP contribution in [0.5, 0.6) is 0 Å². The SMILES string of the molecule is CCOCC(C)NCC1CCCC1C(=O)O. The van der Waals surface area contributed by atoms with E-state index in [-0.39, 0.29) is 5.92 Å². The second-order valence-corrected chi connectivity index (χ2v) is 4.60. The van der Waals surface area contributed by atoms with E-state index in [2.05, 4.69) is 12.2 Å². The van der Waals surface area contributed by atoms with Gasteiger partial charge in [-0.05, 0) is 39.2 Å². The summed E-state index contributed by atoms with van der Waals surface area (Å²) in [6, 6.07) is 0.301. The van der Waals surface area contributed by atoms with Crippen molar-refractivity contribution in [1.82, 2.24) is 5.32 Å². The van der Waals surface area contributed by atoms with Crippen LogP contribution in [0, 0.1) is 11.8 Å². The number of aliphatic carboxylic acids is 1. The average Bonchev–Trinajstić information content (AvgIpc) is 2.71. The summed E-state index contributed by atoms with van der Waals surface area (Å²) in [6.07, 6.45) is 2.91. The molecule has 1 fully saturated rings. The third-order valence-corrected chi connectivity index (χ3v) is 3.28. The highest BCUT2D eigenvalue weighted by Crippen LogP contribution is 2.31. The molecule has 0 aromatic carbocycles. The largest absolute Gasteiger partial charge is 0.481 e. The van der Waals surface area contributed by atoms with E-state index in [1.165, 1.54) is 0 Å². The number of carboxylic acids is 1. The van der Waals surface area contributed by atoms with Gasteiger partial charge in [0, 0.05) is 12.6 Å². The molecule has 2 N–H and O–H groups in total. The zero-order valence-corrected chi connectivity index (χ0v) is 10.2. The second-order valence-electron chi connectivity index (χ2n) is 4.60. The standard InChI is InChI=1S/C12H23NO3/c1-3-16-8-9(2)13-7-10-5-4-6-11(10)12(14)15/h9-11,13H,3-8H2,1-2H3,(H,14,15). The Labute approximate surface area is 97.4 Å². The third-order valence-electron chi connectivity index (χ3n) is 3.28. The van der Waals surface area contributed by atoms with Crippen LogP contribution >= 0.6 is 0 Å². The maximum Gasteiger partial charge on any atom is 0.306 e. The number of carbonyl (C=O) groups is 1. The number of rotatable bonds is 7. The Kier molecular flexibility index (Phi) is 5.77. The molecule has 0 spiro atoms. The third kappa shape index (κ3) is 4.10. The van der Waals surface area contributed by atoms with Gasteiger partial charge in [-0.1, -0.05) is 6.42 Å². The van der Waals surface area contributed by atoms with Crippen molar-refractivity contribution in [1.29, 1.82) is 0 Å².